The average molecular weight is 296 g/mol. The van der Waals surface area contributed by atoms with Crippen molar-refractivity contribution in [2.24, 2.45) is 0 Å². The summed E-state index contributed by atoms with van der Waals surface area (Å²) in [7, 11) is 0. The summed E-state index contributed by atoms with van der Waals surface area (Å²) in [5.74, 6) is 0.925. The van der Waals surface area contributed by atoms with Gasteiger partial charge in [-0.3, -0.25) is 0 Å². The molecule has 5 nitrogen and oxygen atoms in total. The zero-order chi connectivity index (χ0) is 15.9. The molecule has 0 spiro atoms. The summed E-state index contributed by atoms with van der Waals surface area (Å²) in [5, 5.41) is 3.38. The Morgan fingerprint density at radius 2 is 2.19 bits per heavy atom. The lowest BCUT2D eigenvalue weighted by molar-refractivity contribution is 0.0258. The summed E-state index contributed by atoms with van der Waals surface area (Å²) in [6.45, 7) is 11.8. The number of furan rings is 1. The van der Waals surface area contributed by atoms with Gasteiger partial charge in [-0.05, 0) is 59.7 Å². The maximum atomic E-state index is 12.0. The van der Waals surface area contributed by atoms with Crippen molar-refractivity contribution >= 4 is 6.09 Å². The minimum absolute atomic E-state index is 0.177. The highest BCUT2D eigenvalue weighted by Crippen LogP contribution is 2.12. The molecule has 1 heterocycles. The van der Waals surface area contributed by atoms with Gasteiger partial charge in [-0.1, -0.05) is 0 Å². The van der Waals surface area contributed by atoms with Crippen LogP contribution in [0, 0.1) is 0 Å². The number of carbonyl (C=O) groups excluding carboxylic acids is 1. The molecule has 0 aliphatic heterocycles. The lowest BCUT2D eigenvalue weighted by Gasteiger charge is -2.26. The molecule has 1 N–H and O–H groups in total. The number of nitrogens with one attached hydrogen (secondary N) is 1. The molecule has 1 unspecified atom stereocenters. The Hall–Kier alpha value is -1.49. The molecule has 0 fully saturated rings. The number of ether oxygens (including phenoxy) is 1. The van der Waals surface area contributed by atoms with E-state index in [1.807, 2.05) is 39.8 Å². The van der Waals surface area contributed by atoms with E-state index in [1.54, 1.807) is 11.2 Å². The average Bonchev–Trinajstić information content (AvgIpc) is 2.90. The maximum Gasteiger partial charge on any atom is 0.410 e. The van der Waals surface area contributed by atoms with Crippen LogP contribution < -0.4 is 5.32 Å². The van der Waals surface area contributed by atoms with Gasteiger partial charge >= 0.3 is 6.09 Å². The third-order valence-corrected chi connectivity index (χ3v) is 3.06. The van der Waals surface area contributed by atoms with Gasteiger partial charge in [0.2, 0.25) is 0 Å². The summed E-state index contributed by atoms with van der Waals surface area (Å²) >= 11 is 0. The van der Waals surface area contributed by atoms with E-state index in [1.165, 1.54) is 0 Å². The van der Waals surface area contributed by atoms with E-state index >= 15 is 0 Å². The third-order valence-electron chi connectivity index (χ3n) is 3.06. The summed E-state index contributed by atoms with van der Waals surface area (Å²) in [6, 6.07) is 4.02. The van der Waals surface area contributed by atoms with Gasteiger partial charge < -0.3 is 19.4 Å². The summed E-state index contributed by atoms with van der Waals surface area (Å²) in [6.07, 6.45) is 2.30. The Morgan fingerprint density at radius 3 is 2.71 bits per heavy atom. The Bertz CT molecular complexity index is 410. The predicted octanol–water partition coefficient (Wildman–Crippen LogP) is 3.58. The van der Waals surface area contributed by atoms with E-state index in [0.717, 1.165) is 18.7 Å². The van der Waals surface area contributed by atoms with Crippen molar-refractivity contribution in [3.05, 3.63) is 24.2 Å². The number of rotatable bonds is 7. The Balaban J connectivity index is 2.27. The quantitative estimate of drug-likeness (QED) is 0.781. The highest BCUT2D eigenvalue weighted by molar-refractivity contribution is 5.68. The summed E-state index contributed by atoms with van der Waals surface area (Å²) in [4.78, 5) is 13.7. The molecule has 0 saturated heterocycles. The Labute approximate surface area is 127 Å². The fourth-order valence-electron chi connectivity index (χ4n) is 1.93. The number of nitrogens with zero attached hydrogens (tertiary/aromatic N) is 1. The molecule has 0 saturated carbocycles. The summed E-state index contributed by atoms with van der Waals surface area (Å²) < 4.78 is 10.7. The smallest absolute Gasteiger partial charge is 0.410 e. The molecule has 0 aliphatic carbocycles. The van der Waals surface area contributed by atoms with Gasteiger partial charge in [0.1, 0.15) is 11.4 Å². The van der Waals surface area contributed by atoms with E-state index in [4.69, 9.17) is 9.15 Å². The van der Waals surface area contributed by atoms with Gasteiger partial charge in [0.05, 0.1) is 12.3 Å². The van der Waals surface area contributed by atoms with Crippen molar-refractivity contribution in [3.63, 3.8) is 0 Å². The zero-order valence-electron chi connectivity index (χ0n) is 13.8. The predicted molar refractivity (Wildman–Crippen MR) is 83.2 cm³/mol. The first kappa shape index (κ1) is 17.6. The van der Waals surface area contributed by atoms with Gasteiger partial charge in [0.15, 0.2) is 0 Å². The molecular formula is C16H28N2O3. The van der Waals surface area contributed by atoms with E-state index in [9.17, 15) is 4.79 Å². The van der Waals surface area contributed by atoms with E-state index < -0.39 is 5.60 Å². The molecule has 1 amide bonds. The first-order valence-corrected chi connectivity index (χ1v) is 7.58. The lowest BCUT2D eigenvalue weighted by atomic mass is 10.2. The van der Waals surface area contributed by atoms with Crippen LogP contribution in [0.4, 0.5) is 4.79 Å². The SMILES string of the molecule is CCN(CCCNC(C)c1ccco1)C(=O)OC(C)(C)C. The molecule has 0 aromatic carbocycles. The van der Waals surface area contributed by atoms with Crippen molar-refractivity contribution in [3.8, 4) is 0 Å². The molecule has 0 aliphatic rings. The van der Waals surface area contributed by atoms with E-state index in [-0.39, 0.29) is 12.1 Å². The molecule has 5 heteroatoms. The molecule has 1 aromatic rings. The van der Waals surface area contributed by atoms with Crippen LogP contribution in [0.15, 0.2) is 22.8 Å². The van der Waals surface area contributed by atoms with Crippen LogP contribution in [-0.2, 0) is 4.74 Å². The highest BCUT2D eigenvalue weighted by Gasteiger charge is 2.20. The molecule has 1 atom stereocenters. The van der Waals surface area contributed by atoms with E-state index in [2.05, 4.69) is 12.2 Å². The standard InChI is InChI=1S/C16H28N2O3/c1-6-18(15(19)21-16(3,4)5)11-8-10-17-13(2)14-9-7-12-20-14/h7,9,12-13,17H,6,8,10-11H2,1-5H3. The van der Waals surface area contributed by atoms with Crippen LogP contribution in [0.2, 0.25) is 0 Å². The number of carbonyl (C=O) groups is 1. The fraction of sp³-hybridized carbons (Fsp3) is 0.688. The molecule has 0 radical (unpaired) electrons. The van der Waals surface area contributed by atoms with Crippen molar-refractivity contribution < 1.29 is 13.9 Å². The minimum Gasteiger partial charge on any atom is -0.468 e. The monoisotopic (exact) mass is 296 g/mol. The van der Waals surface area contributed by atoms with Crippen LogP contribution >= 0.6 is 0 Å². The second kappa shape index (κ2) is 8.08. The minimum atomic E-state index is -0.448. The van der Waals surface area contributed by atoms with Crippen LogP contribution in [0.25, 0.3) is 0 Å². The second-order valence-electron chi connectivity index (χ2n) is 6.10. The largest absolute Gasteiger partial charge is 0.468 e. The first-order valence-electron chi connectivity index (χ1n) is 7.58. The highest BCUT2D eigenvalue weighted by atomic mass is 16.6. The van der Waals surface area contributed by atoms with Crippen LogP contribution in [0.3, 0.4) is 0 Å². The van der Waals surface area contributed by atoms with Gasteiger partial charge in [-0.2, -0.15) is 0 Å². The fourth-order valence-corrected chi connectivity index (χ4v) is 1.93. The van der Waals surface area contributed by atoms with Crippen LogP contribution in [0.1, 0.15) is 52.8 Å². The van der Waals surface area contributed by atoms with Crippen LogP contribution in [0.5, 0.6) is 0 Å². The molecule has 120 valence electrons. The van der Waals surface area contributed by atoms with Crippen molar-refractivity contribution in [2.75, 3.05) is 19.6 Å². The zero-order valence-corrected chi connectivity index (χ0v) is 13.8. The second-order valence-corrected chi connectivity index (χ2v) is 6.10. The van der Waals surface area contributed by atoms with Gasteiger partial charge in [-0.15, -0.1) is 0 Å². The molecular weight excluding hydrogens is 268 g/mol. The third kappa shape index (κ3) is 6.67. The normalized spacial score (nSPS) is 13.0. The van der Waals surface area contributed by atoms with Crippen molar-refractivity contribution in [1.82, 2.24) is 10.2 Å². The Morgan fingerprint density at radius 1 is 1.48 bits per heavy atom. The van der Waals surface area contributed by atoms with Gasteiger partial charge in [-0.25, -0.2) is 4.79 Å². The maximum absolute atomic E-state index is 12.0. The van der Waals surface area contributed by atoms with Gasteiger partial charge in [0, 0.05) is 13.1 Å². The number of hydrogen-bond donors (Lipinski definition) is 1. The molecule has 1 rings (SSSR count). The van der Waals surface area contributed by atoms with Crippen LogP contribution in [-0.4, -0.2) is 36.2 Å². The molecule has 21 heavy (non-hydrogen) atoms. The van der Waals surface area contributed by atoms with E-state index in [0.29, 0.717) is 13.1 Å². The molecule has 1 aromatic heterocycles. The van der Waals surface area contributed by atoms with Gasteiger partial charge in [0.25, 0.3) is 0 Å². The Kier molecular flexibility index (Phi) is 6.75. The number of hydrogen-bond acceptors (Lipinski definition) is 4. The first-order chi connectivity index (χ1) is 9.83. The lowest BCUT2D eigenvalue weighted by Crippen LogP contribution is -2.38. The summed E-state index contributed by atoms with van der Waals surface area (Å²) in [5.41, 5.74) is -0.448. The topological polar surface area (TPSA) is 54.7 Å². The van der Waals surface area contributed by atoms with Crippen molar-refractivity contribution in [2.45, 2.75) is 52.7 Å². The number of amides is 1. The van der Waals surface area contributed by atoms with Crippen molar-refractivity contribution in [1.29, 1.82) is 0 Å². The molecule has 0 bridgehead atoms.